The van der Waals surface area contributed by atoms with Crippen molar-refractivity contribution in [3.05, 3.63) is 11.6 Å². The standard InChI is InChI=1S/C25H34O7/c1-5-25(30)21(32-15(3)28)12-19-16-6-7-18-22(29)20(31-14(2)27)9-10-23(18,4)17(16)8-11-24(19,25)13-26/h1,7,16-17,19-22,26,29-30H,6,8-13H2,2-4H3/t16-,17-,19+,20?,21?,22?,23-,24-,25?/m1/s1. The minimum Gasteiger partial charge on any atom is -0.459 e. The molecule has 4 aliphatic carbocycles. The summed E-state index contributed by atoms with van der Waals surface area (Å²) in [6.07, 6.45) is 9.30. The largest absolute Gasteiger partial charge is 0.459 e. The van der Waals surface area contributed by atoms with Gasteiger partial charge in [0.05, 0.1) is 6.61 Å². The monoisotopic (exact) mass is 446 g/mol. The molecule has 176 valence electrons. The Balaban J connectivity index is 1.69. The fourth-order valence-electron chi connectivity index (χ4n) is 7.74. The molecule has 9 atom stereocenters. The molecule has 0 bridgehead atoms. The highest BCUT2D eigenvalue weighted by Crippen LogP contribution is 2.67. The highest BCUT2D eigenvalue weighted by atomic mass is 16.6. The molecule has 0 aliphatic heterocycles. The maximum Gasteiger partial charge on any atom is 0.303 e. The van der Waals surface area contributed by atoms with E-state index in [4.69, 9.17) is 15.9 Å². The van der Waals surface area contributed by atoms with E-state index in [1.807, 2.05) is 0 Å². The lowest BCUT2D eigenvalue weighted by Crippen LogP contribution is -2.60. The third-order valence-electron chi connectivity index (χ3n) is 9.17. The second-order valence-corrected chi connectivity index (χ2v) is 10.4. The summed E-state index contributed by atoms with van der Waals surface area (Å²) in [5.74, 6) is 1.83. The van der Waals surface area contributed by atoms with Gasteiger partial charge in [-0.1, -0.05) is 18.9 Å². The van der Waals surface area contributed by atoms with Crippen molar-refractivity contribution in [3.63, 3.8) is 0 Å². The van der Waals surface area contributed by atoms with E-state index in [1.54, 1.807) is 0 Å². The van der Waals surface area contributed by atoms with E-state index >= 15 is 0 Å². The lowest BCUT2D eigenvalue weighted by molar-refractivity contribution is -0.173. The van der Waals surface area contributed by atoms with E-state index in [0.717, 1.165) is 18.4 Å². The number of ether oxygens (including phenoxy) is 2. The van der Waals surface area contributed by atoms with Crippen LogP contribution in [0.3, 0.4) is 0 Å². The second kappa shape index (κ2) is 7.86. The van der Waals surface area contributed by atoms with Crippen molar-refractivity contribution in [2.45, 2.75) is 83.2 Å². The van der Waals surface area contributed by atoms with Gasteiger partial charge in [-0.2, -0.15) is 0 Å². The van der Waals surface area contributed by atoms with Crippen LogP contribution in [0.4, 0.5) is 0 Å². The fourth-order valence-corrected chi connectivity index (χ4v) is 7.74. The Hall–Kier alpha value is -1.88. The molecule has 0 heterocycles. The molecule has 0 saturated heterocycles. The van der Waals surface area contributed by atoms with E-state index in [1.165, 1.54) is 13.8 Å². The number of terminal acetylenes is 1. The number of hydrogen-bond acceptors (Lipinski definition) is 7. The molecule has 7 heteroatoms. The maximum absolute atomic E-state index is 11.7. The summed E-state index contributed by atoms with van der Waals surface area (Å²) in [6, 6.07) is 0. The predicted molar refractivity (Wildman–Crippen MR) is 115 cm³/mol. The van der Waals surface area contributed by atoms with Crippen LogP contribution in [0.1, 0.15) is 59.3 Å². The van der Waals surface area contributed by atoms with E-state index in [0.29, 0.717) is 25.7 Å². The third kappa shape index (κ3) is 3.07. The Kier molecular flexibility index (Phi) is 5.72. The van der Waals surface area contributed by atoms with Gasteiger partial charge in [0, 0.05) is 19.3 Å². The van der Waals surface area contributed by atoms with Crippen LogP contribution in [0.15, 0.2) is 11.6 Å². The van der Waals surface area contributed by atoms with Gasteiger partial charge < -0.3 is 24.8 Å². The average Bonchev–Trinajstić information content (AvgIpc) is 2.98. The number of carbonyl (C=O) groups is 2. The maximum atomic E-state index is 11.7. The predicted octanol–water partition coefficient (Wildman–Crippen LogP) is 1.73. The minimum atomic E-state index is -1.72. The zero-order valence-electron chi connectivity index (χ0n) is 19.0. The number of hydrogen-bond donors (Lipinski definition) is 3. The molecule has 32 heavy (non-hydrogen) atoms. The van der Waals surface area contributed by atoms with E-state index in [2.05, 4.69) is 18.9 Å². The number of rotatable bonds is 3. The molecule has 4 aliphatic rings. The first-order valence-electron chi connectivity index (χ1n) is 11.6. The van der Waals surface area contributed by atoms with Gasteiger partial charge in [0.15, 0.2) is 5.60 Å². The molecule has 0 aromatic heterocycles. The Morgan fingerprint density at radius 1 is 1.19 bits per heavy atom. The lowest BCUT2D eigenvalue weighted by Gasteiger charge is -2.59. The topological polar surface area (TPSA) is 113 Å². The first-order valence-corrected chi connectivity index (χ1v) is 11.6. The first kappa shape index (κ1) is 23.3. The Bertz CT molecular complexity index is 874. The van der Waals surface area contributed by atoms with Crippen LogP contribution in [-0.2, 0) is 19.1 Å². The number of aliphatic hydroxyl groups excluding tert-OH is 2. The SMILES string of the molecule is C#CC1(O)C(OC(C)=O)C[C@H]2[C@@H]3CC=C4C(O)C(OC(C)=O)CC[C@]4(C)[C@@H]3CC[C@@]21CO. The van der Waals surface area contributed by atoms with E-state index in [9.17, 15) is 24.9 Å². The average molecular weight is 447 g/mol. The van der Waals surface area contributed by atoms with Crippen LogP contribution >= 0.6 is 0 Å². The van der Waals surface area contributed by atoms with Crippen LogP contribution in [-0.4, -0.2) is 57.8 Å². The van der Waals surface area contributed by atoms with Gasteiger partial charge in [-0.3, -0.25) is 9.59 Å². The van der Waals surface area contributed by atoms with E-state index < -0.39 is 41.3 Å². The van der Waals surface area contributed by atoms with Crippen molar-refractivity contribution in [2.75, 3.05) is 6.61 Å². The minimum absolute atomic E-state index is 0.116. The summed E-state index contributed by atoms with van der Waals surface area (Å²) >= 11 is 0. The molecule has 3 N–H and O–H groups in total. The lowest BCUT2D eigenvalue weighted by atomic mass is 9.46. The van der Waals surface area contributed by atoms with Gasteiger partial charge >= 0.3 is 11.9 Å². The van der Waals surface area contributed by atoms with Crippen molar-refractivity contribution in [3.8, 4) is 12.3 Å². The zero-order valence-corrected chi connectivity index (χ0v) is 19.0. The molecule has 0 spiro atoms. The molecular weight excluding hydrogens is 412 g/mol. The molecule has 4 unspecified atom stereocenters. The number of allylic oxidation sites excluding steroid dienone is 1. The van der Waals surface area contributed by atoms with Crippen LogP contribution in [0.5, 0.6) is 0 Å². The number of esters is 2. The zero-order chi connectivity index (χ0) is 23.5. The summed E-state index contributed by atoms with van der Waals surface area (Å²) in [4.78, 5) is 23.2. The quantitative estimate of drug-likeness (QED) is 0.344. The Morgan fingerprint density at radius 2 is 1.88 bits per heavy atom. The van der Waals surface area contributed by atoms with Gasteiger partial charge in [0.2, 0.25) is 0 Å². The van der Waals surface area contributed by atoms with Crippen LogP contribution in [0.2, 0.25) is 0 Å². The molecule has 0 amide bonds. The molecule has 3 fully saturated rings. The van der Waals surface area contributed by atoms with Gasteiger partial charge in [-0.05, 0) is 67.3 Å². The molecule has 4 rings (SSSR count). The summed E-state index contributed by atoms with van der Waals surface area (Å²) < 4.78 is 10.8. The van der Waals surface area contributed by atoms with Crippen molar-refractivity contribution < 1.29 is 34.4 Å². The van der Waals surface area contributed by atoms with E-state index in [-0.39, 0.29) is 29.8 Å². The van der Waals surface area contributed by atoms with Gasteiger partial charge in [-0.15, -0.1) is 6.42 Å². The van der Waals surface area contributed by atoms with Crippen molar-refractivity contribution in [2.24, 2.45) is 28.6 Å². The first-order chi connectivity index (χ1) is 15.0. The van der Waals surface area contributed by atoms with Crippen LogP contribution in [0.25, 0.3) is 0 Å². The normalized spacial score (nSPS) is 47.2. The summed E-state index contributed by atoms with van der Waals surface area (Å²) in [6.45, 7) is 4.55. The molecule has 0 aromatic carbocycles. The Morgan fingerprint density at radius 3 is 2.47 bits per heavy atom. The second-order valence-electron chi connectivity index (χ2n) is 10.4. The number of aliphatic hydroxyl groups is 3. The smallest absolute Gasteiger partial charge is 0.303 e. The third-order valence-corrected chi connectivity index (χ3v) is 9.17. The molecule has 3 saturated carbocycles. The molecule has 0 radical (unpaired) electrons. The number of fused-ring (bicyclic) bond motifs is 5. The van der Waals surface area contributed by atoms with Gasteiger partial charge in [0.25, 0.3) is 0 Å². The molecular formula is C25H34O7. The van der Waals surface area contributed by atoms with Crippen molar-refractivity contribution in [1.29, 1.82) is 0 Å². The highest BCUT2D eigenvalue weighted by Gasteiger charge is 2.70. The summed E-state index contributed by atoms with van der Waals surface area (Å²) in [7, 11) is 0. The fraction of sp³-hybridized carbons (Fsp3) is 0.760. The van der Waals surface area contributed by atoms with Crippen molar-refractivity contribution in [1.82, 2.24) is 0 Å². The van der Waals surface area contributed by atoms with Crippen molar-refractivity contribution >= 4 is 11.9 Å². The number of carbonyl (C=O) groups excluding carboxylic acids is 2. The van der Waals surface area contributed by atoms with Gasteiger partial charge in [0.1, 0.15) is 18.3 Å². The van der Waals surface area contributed by atoms with Crippen LogP contribution in [0, 0.1) is 40.9 Å². The highest BCUT2D eigenvalue weighted by molar-refractivity contribution is 5.67. The molecule has 7 nitrogen and oxygen atoms in total. The summed E-state index contributed by atoms with van der Waals surface area (Å²) in [5.41, 5.74) is -2.00. The Labute approximate surface area is 189 Å². The van der Waals surface area contributed by atoms with Gasteiger partial charge in [-0.25, -0.2) is 0 Å². The van der Waals surface area contributed by atoms with Crippen LogP contribution < -0.4 is 0 Å². The molecule has 0 aromatic rings. The summed E-state index contributed by atoms with van der Waals surface area (Å²) in [5, 5.41) is 33.0.